The van der Waals surface area contributed by atoms with E-state index in [2.05, 4.69) is 17.1 Å². The van der Waals surface area contributed by atoms with Crippen molar-refractivity contribution in [3.05, 3.63) is 29.8 Å². The second kappa shape index (κ2) is 10.3. The minimum atomic E-state index is -0.345. The molecule has 1 aromatic carbocycles. The molecule has 1 saturated heterocycles. The number of benzene rings is 1. The van der Waals surface area contributed by atoms with Crippen LogP contribution in [-0.2, 0) is 9.59 Å². The molecule has 2 unspecified atom stereocenters. The Kier molecular flexibility index (Phi) is 8.10. The molecule has 2 atom stereocenters. The summed E-state index contributed by atoms with van der Waals surface area (Å²) in [6.45, 7) is 4.36. The van der Waals surface area contributed by atoms with Gasteiger partial charge in [-0.3, -0.25) is 9.59 Å². The van der Waals surface area contributed by atoms with Crippen molar-refractivity contribution in [3.8, 4) is 5.75 Å². The van der Waals surface area contributed by atoms with E-state index in [1.54, 1.807) is 7.11 Å². The number of unbranched alkanes of at least 4 members (excludes halogenated alkanes) is 1. The van der Waals surface area contributed by atoms with Crippen LogP contribution in [0.1, 0.15) is 44.2 Å². The summed E-state index contributed by atoms with van der Waals surface area (Å²) >= 11 is 0. The van der Waals surface area contributed by atoms with Gasteiger partial charge in [-0.15, -0.1) is 0 Å². The molecular weight excluding hydrogens is 342 g/mol. The molecule has 1 aliphatic rings. The maximum atomic E-state index is 12.8. The quantitative estimate of drug-likeness (QED) is 0.638. The molecule has 27 heavy (non-hydrogen) atoms. The Morgan fingerprint density at radius 1 is 1.26 bits per heavy atom. The second-order valence-corrected chi connectivity index (χ2v) is 7.42. The summed E-state index contributed by atoms with van der Waals surface area (Å²) in [5.74, 6) is 0.467. The lowest BCUT2D eigenvalue weighted by Crippen LogP contribution is -2.37. The van der Waals surface area contributed by atoms with Gasteiger partial charge in [0.05, 0.1) is 19.1 Å². The van der Waals surface area contributed by atoms with Crippen LogP contribution in [0.25, 0.3) is 0 Å². The summed E-state index contributed by atoms with van der Waals surface area (Å²) in [5, 5.41) is 3.03. The number of methoxy groups -OCH3 is 1. The number of hydrogen-bond acceptors (Lipinski definition) is 4. The Hall–Kier alpha value is -2.08. The van der Waals surface area contributed by atoms with E-state index in [1.807, 2.05) is 43.3 Å². The standard InChI is InChI=1S/C21H33N3O3/c1-5-6-14-24-19(25)15-18(21(26)22-12-7-13-23(2)3)20(24)16-8-10-17(27-4)11-9-16/h8-11,18,20H,5-7,12-15H2,1-4H3,(H,22,26). The van der Waals surface area contributed by atoms with Gasteiger partial charge in [0.15, 0.2) is 0 Å². The summed E-state index contributed by atoms with van der Waals surface area (Å²) < 4.78 is 5.24. The molecule has 1 aromatic rings. The predicted octanol–water partition coefficient (Wildman–Crippen LogP) is 2.45. The van der Waals surface area contributed by atoms with Crippen molar-refractivity contribution in [1.29, 1.82) is 0 Å². The van der Waals surface area contributed by atoms with Crippen LogP contribution in [0.5, 0.6) is 5.75 Å². The minimum absolute atomic E-state index is 0.0260. The number of amides is 2. The van der Waals surface area contributed by atoms with Crippen LogP contribution in [0, 0.1) is 5.92 Å². The first-order chi connectivity index (χ1) is 13.0. The first-order valence-corrected chi connectivity index (χ1v) is 9.83. The van der Waals surface area contributed by atoms with Crippen LogP contribution in [0.4, 0.5) is 0 Å². The molecule has 1 N–H and O–H groups in total. The second-order valence-electron chi connectivity index (χ2n) is 7.42. The largest absolute Gasteiger partial charge is 0.497 e. The van der Waals surface area contributed by atoms with E-state index in [0.29, 0.717) is 13.1 Å². The molecule has 6 nitrogen and oxygen atoms in total. The van der Waals surface area contributed by atoms with E-state index in [4.69, 9.17) is 4.74 Å². The van der Waals surface area contributed by atoms with Crippen molar-refractivity contribution >= 4 is 11.8 Å². The summed E-state index contributed by atoms with van der Waals surface area (Å²) in [6, 6.07) is 7.51. The third kappa shape index (κ3) is 5.70. The molecule has 2 amide bonds. The van der Waals surface area contributed by atoms with Gasteiger partial charge in [0, 0.05) is 19.5 Å². The number of likely N-dealkylation sites (tertiary alicyclic amines) is 1. The highest BCUT2D eigenvalue weighted by Gasteiger charge is 2.43. The van der Waals surface area contributed by atoms with Crippen LogP contribution in [-0.4, -0.2) is 62.5 Å². The van der Waals surface area contributed by atoms with Gasteiger partial charge in [-0.25, -0.2) is 0 Å². The number of nitrogens with zero attached hydrogens (tertiary/aromatic N) is 2. The molecule has 0 saturated carbocycles. The van der Waals surface area contributed by atoms with E-state index < -0.39 is 0 Å². The normalized spacial score (nSPS) is 19.6. The van der Waals surface area contributed by atoms with E-state index in [-0.39, 0.29) is 30.2 Å². The van der Waals surface area contributed by atoms with Crippen LogP contribution in [0.3, 0.4) is 0 Å². The highest BCUT2D eigenvalue weighted by molar-refractivity contribution is 5.90. The fraction of sp³-hybridized carbons (Fsp3) is 0.619. The Labute approximate surface area is 162 Å². The lowest BCUT2D eigenvalue weighted by Gasteiger charge is -2.28. The van der Waals surface area contributed by atoms with Gasteiger partial charge < -0.3 is 19.9 Å². The lowest BCUT2D eigenvalue weighted by atomic mass is 9.92. The van der Waals surface area contributed by atoms with Crippen molar-refractivity contribution in [1.82, 2.24) is 15.1 Å². The Morgan fingerprint density at radius 3 is 2.56 bits per heavy atom. The molecular formula is C21H33N3O3. The average Bonchev–Trinajstić information content (AvgIpc) is 2.99. The fourth-order valence-corrected chi connectivity index (χ4v) is 3.57. The molecule has 0 aromatic heterocycles. The van der Waals surface area contributed by atoms with Crippen LogP contribution >= 0.6 is 0 Å². The van der Waals surface area contributed by atoms with Gasteiger partial charge in [0.1, 0.15) is 5.75 Å². The van der Waals surface area contributed by atoms with E-state index in [1.165, 1.54) is 0 Å². The summed E-state index contributed by atoms with van der Waals surface area (Å²) in [6.07, 6.45) is 3.13. The van der Waals surface area contributed by atoms with Crippen LogP contribution < -0.4 is 10.1 Å². The van der Waals surface area contributed by atoms with Gasteiger partial charge in [-0.2, -0.15) is 0 Å². The van der Waals surface area contributed by atoms with Gasteiger partial charge in [-0.05, 0) is 51.2 Å². The molecule has 6 heteroatoms. The fourth-order valence-electron chi connectivity index (χ4n) is 3.57. The number of rotatable bonds is 10. The maximum Gasteiger partial charge on any atom is 0.226 e. The highest BCUT2D eigenvalue weighted by atomic mass is 16.5. The van der Waals surface area contributed by atoms with Gasteiger partial charge in [0.25, 0.3) is 0 Å². The van der Waals surface area contributed by atoms with Crippen molar-refractivity contribution in [2.24, 2.45) is 5.92 Å². The number of hydrogen-bond donors (Lipinski definition) is 1. The van der Waals surface area contributed by atoms with E-state index in [9.17, 15) is 9.59 Å². The molecule has 0 aliphatic carbocycles. The first kappa shape index (κ1) is 21.2. The monoisotopic (exact) mass is 375 g/mol. The summed E-state index contributed by atoms with van der Waals surface area (Å²) in [5.41, 5.74) is 0.992. The number of carbonyl (C=O) groups excluding carboxylic acids is 2. The highest BCUT2D eigenvalue weighted by Crippen LogP contribution is 2.39. The topological polar surface area (TPSA) is 61.9 Å². The minimum Gasteiger partial charge on any atom is -0.497 e. The SMILES string of the molecule is CCCCN1C(=O)CC(C(=O)NCCCN(C)C)C1c1ccc(OC)cc1. The third-order valence-corrected chi connectivity index (χ3v) is 5.06. The van der Waals surface area contributed by atoms with Crippen molar-refractivity contribution in [2.75, 3.05) is 40.8 Å². The molecule has 2 rings (SSSR count). The van der Waals surface area contributed by atoms with Crippen molar-refractivity contribution in [3.63, 3.8) is 0 Å². The maximum absolute atomic E-state index is 12.8. The molecule has 0 spiro atoms. The lowest BCUT2D eigenvalue weighted by molar-refractivity contribution is -0.129. The molecule has 1 fully saturated rings. The van der Waals surface area contributed by atoms with Crippen molar-refractivity contribution < 1.29 is 14.3 Å². The van der Waals surface area contributed by atoms with E-state index >= 15 is 0 Å². The summed E-state index contributed by atoms with van der Waals surface area (Å²) in [7, 11) is 5.66. The number of carbonyl (C=O) groups is 2. The van der Waals surface area contributed by atoms with Gasteiger partial charge >= 0.3 is 0 Å². The Morgan fingerprint density at radius 2 is 1.96 bits per heavy atom. The van der Waals surface area contributed by atoms with Crippen LogP contribution in [0.2, 0.25) is 0 Å². The van der Waals surface area contributed by atoms with E-state index in [0.717, 1.165) is 37.1 Å². The summed E-state index contributed by atoms with van der Waals surface area (Å²) in [4.78, 5) is 29.4. The van der Waals surface area contributed by atoms with Crippen molar-refractivity contribution in [2.45, 2.75) is 38.6 Å². The van der Waals surface area contributed by atoms with Gasteiger partial charge in [0.2, 0.25) is 11.8 Å². The molecule has 1 heterocycles. The van der Waals surface area contributed by atoms with Crippen LogP contribution in [0.15, 0.2) is 24.3 Å². The zero-order chi connectivity index (χ0) is 19.8. The molecule has 0 bridgehead atoms. The predicted molar refractivity (Wildman–Crippen MR) is 107 cm³/mol. The number of ether oxygens (including phenoxy) is 1. The zero-order valence-electron chi connectivity index (χ0n) is 17.0. The average molecular weight is 376 g/mol. The molecule has 0 radical (unpaired) electrons. The first-order valence-electron chi connectivity index (χ1n) is 9.83. The smallest absolute Gasteiger partial charge is 0.226 e. The Balaban J connectivity index is 2.14. The zero-order valence-corrected chi connectivity index (χ0v) is 17.0. The Bertz CT molecular complexity index is 616. The number of nitrogens with one attached hydrogen (secondary N) is 1. The van der Waals surface area contributed by atoms with Gasteiger partial charge in [-0.1, -0.05) is 25.5 Å². The molecule has 1 aliphatic heterocycles. The molecule has 150 valence electrons. The third-order valence-electron chi connectivity index (χ3n) is 5.06.